The number of hydrogen-bond donors (Lipinski definition) is 2. The molecule has 1 aromatic rings. The molecule has 2 atom stereocenters. The first-order valence-electron chi connectivity index (χ1n) is 6.35. The maximum Gasteiger partial charge on any atom is 0.245 e. The van der Waals surface area contributed by atoms with Crippen molar-refractivity contribution in [2.24, 2.45) is 5.73 Å². The number of amides is 1. The van der Waals surface area contributed by atoms with Crippen LogP contribution in [0.1, 0.15) is 25.7 Å². The molecule has 0 heterocycles. The highest BCUT2D eigenvalue weighted by Gasteiger charge is 2.46. The van der Waals surface area contributed by atoms with Gasteiger partial charge in [-0.05, 0) is 25.0 Å². The van der Waals surface area contributed by atoms with Gasteiger partial charge in [-0.3, -0.25) is 4.79 Å². The number of carbonyl (C=O) groups excluding carboxylic acids is 1. The highest BCUT2D eigenvalue weighted by Crippen LogP contribution is 2.33. The first-order chi connectivity index (χ1) is 8.69. The van der Waals surface area contributed by atoms with Crippen molar-refractivity contribution in [1.82, 2.24) is 0 Å². The third kappa shape index (κ3) is 2.34. The number of ether oxygens (including phenoxy) is 1. The molecule has 3 N–H and O–H groups in total. The van der Waals surface area contributed by atoms with Crippen LogP contribution < -0.4 is 11.1 Å². The van der Waals surface area contributed by atoms with Crippen LogP contribution in [0.5, 0.6) is 0 Å². The number of rotatable bonds is 4. The van der Waals surface area contributed by atoms with Gasteiger partial charge in [0, 0.05) is 12.8 Å². The number of benzene rings is 1. The van der Waals surface area contributed by atoms with Crippen LogP contribution in [0, 0.1) is 0 Å². The van der Waals surface area contributed by atoms with Gasteiger partial charge in [0.15, 0.2) is 0 Å². The first kappa shape index (κ1) is 12.9. The van der Waals surface area contributed by atoms with E-state index < -0.39 is 5.54 Å². The van der Waals surface area contributed by atoms with Gasteiger partial charge in [0.2, 0.25) is 5.91 Å². The maximum absolute atomic E-state index is 11.9. The van der Waals surface area contributed by atoms with Crippen LogP contribution in [0.4, 0.5) is 5.69 Å². The number of hydrogen-bond acceptors (Lipinski definition) is 3. The van der Waals surface area contributed by atoms with Crippen molar-refractivity contribution in [3.8, 4) is 0 Å². The van der Waals surface area contributed by atoms with Gasteiger partial charge in [-0.1, -0.05) is 31.0 Å². The molecule has 0 spiro atoms. The van der Waals surface area contributed by atoms with Crippen molar-refractivity contribution in [3.05, 3.63) is 30.3 Å². The van der Waals surface area contributed by atoms with Gasteiger partial charge in [-0.2, -0.15) is 0 Å². The fourth-order valence-electron chi connectivity index (χ4n) is 2.73. The van der Waals surface area contributed by atoms with Crippen molar-refractivity contribution in [3.63, 3.8) is 0 Å². The number of para-hydroxylation sites is 1. The van der Waals surface area contributed by atoms with Gasteiger partial charge in [0.05, 0.1) is 6.10 Å². The smallest absolute Gasteiger partial charge is 0.245 e. The average molecular weight is 248 g/mol. The topological polar surface area (TPSA) is 64.3 Å². The summed E-state index contributed by atoms with van der Waals surface area (Å²) in [6.45, 7) is 0. The van der Waals surface area contributed by atoms with Crippen molar-refractivity contribution in [2.45, 2.75) is 37.3 Å². The summed E-state index contributed by atoms with van der Waals surface area (Å²) in [7, 11) is 1.64. The molecule has 1 aromatic carbocycles. The van der Waals surface area contributed by atoms with E-state index >= 15 is 0 Å². The molecule has 1 fully saturated rings. The van der Waals surface area contributed by atoms with Crippen LogP contribution in [0.25, 0.3) is 0 Å². The fraction of sp³-hybridized carbons (Fsp3) is 0.500. The van der Waals surface area contributed by atoms with Gasteiger partial charge in [-0.25, -0.2) is 0 Å². The molecular weight excluding hydrogens is 228 g/mol. The lowest BCUT2D eigenvalue weighted by atomic mass is 9.78. The molecule has 1 aliphatic rings. The van der Waals surface area contributed by atoms with E-state index in [-0.39, 0.29) is 12.0 Å². The zero-order valence-electron chi connectivity index (χ0n) is 10.7. The van der Waals surface area contributed by atoms with E-state index in [9.17, 15) is 4.79 Å². The van der Waals surface area contributed by atoms with Gasteiger partial charge >= 0.3 is 0 Å². The van der Waals surface area contributed by atoms with E-state index in [2.05, 4.69) is 5.32 Å². The summed E-state index contributed by atoms with van der Waals surface area (Å²) in [5.41, 5.74) is 5.75. The fourth-order valence-corrected chi connectivity index (χ4v) is 2.73. The van der Waals surface area contributed by atoms with Crippen LogP contribution in [0.3, 0.4) is 0 Å². The van der Waals surface area contributed by atoms with E-state index in [1.54, 1.807) is 7.11 Å². The lowest BCUT2D eigenvalue weighted by Crippen LogP contribution is -2.60. The SMILES string of the molecule is COC1CCCCC1(Nc1ccccc1)C(N)=O. The zero-order valence-corrected chi connectivity index (χ0v) is 10.7. The van der Waals surface area contributed by atoms with E-state index in [1.165, 1.54) is 0 Å². The summed E-state index contributed by atoms with van der Waals surface area (Å²) >= 11 is 0. The number of primary amides is 1. The molecule has 18 heavy (non-hydrogen) atoms. The normalized spacial score (nSPS) is 27.7. The number of methoxy groups -OCH3 is 1. The lowest BCUT2D eigenvalue weighted by Gasteiger charge is -2.42. The molecule has 1 saturated carbocycles. The van der Waals surface area contributed by atoms with Crippen LogP contribution >= 0.6 is 0 Å². The second-order valence-corrected chi connectivity index (χ2v) is 4.80. The summed E-state index contributed by atoms with van der Waals surface area (Å²) in [5.74, 6) is -0.335. The molecule has 0 radical (unpaired) electrons. The van der Waals surface area contributed by atoms with Gasteiger partial charge in [0.1, 0.15) is 5.54 Å². The first-order valence-corrected chi connectivity index (χ1v) is 6.35. The minimum Gasteiger partial charge on any atom is -0.378 e. The monoisotopic (exact) mass is 248 g/mol. The quantitative estimate of drug-likeness (QED) is 0.855. The van der Waals surface area contributed by atoms with Gasteiger partial charge < -0.3 is 15.8 Å². The highest BCUT2D eigenvalue weighted by atomic mass is 16.5. The summed E-state index contributed by atoms with van der Waals surface area (Å²) in [5, 5.41) is 3.30. The van der Waals surface area contributed by atoms with Crippen LogP contribution in [-0.2, 0) is 9.53 Å². The Kier molecular flexibility index (Phi) is 3.87. The lowest BCUT2D eigenvalue weighted by molar-refractivity contribution is -0.129. The van der Waals surface area contributed by atoms with Crippen LogP contribution in [0.2, 0.25) is 0 Å². The molecule has 2 rings (SSSR count). The Hall–Kier alpha value is -1.55. The number of nitrogens with one attached hydrogen (secondary N) is 1. The minimum absolute atomic E-state index is 0.163. The molecule has 0 saturated heterocycles. The highest BCUT2D eigenvalue weighted by molar-refractivity contribution is 5.89. The Morgan fingerprint density at radius 3 is 2.72 bits per heavy atom. The minimum atomic E-state index is -0.783. The molecule has 1 aliphatic carbocycles. The van der Waals surface area contributed by atoms with E-state index in [0.29, 0.717) is 0 Å². The number of nitrogens with two attached hydrogens (primary N) is 1. The summed E-state index contributed by atoms with van der Waals surface area (Å²) in [4.78, 5) is 11.9. The summed E-state index contributed by atoms with van der Waals surface area (Å²) < 4.78 is 5.48. The van der Waals surface area contributed by atoms with E-state index in [1.807, 2.05) is 30.3 Å². The maximum atomic E-state index is 11.9. The van der Waals surface area contributed by atoms with Gasteiger partial charge in [-0.15, -0.1) is 0 Å². The van der Waals surface area contributed by atoms with E-state index in [4.69, 9.17) is 10.5 Å². The van der Waals surface area contributed by atoms with Crippen molar-refractivity contribution in [2.75, 3.05) is 12.4 Å². The van der Waals surface area contributed by atoms with Crippen molar-refractivity contribution in [1.29, 1.82) is 0 Å². The molecule has 0 aliphatic heterocycles. The molecular formula is C14H20N2O2. The molecule has 4 heteroatoms. The predicted octanol–water partition coefficient (Wildman–Crippen LogP) is 1.91. The molecule has 0 aromatic heterocycles. The predicted molar refractivity (Wildman–Crippen MR) is 71.3 cm³/mol. The van der Waals surface area contributed by atoms with Crippen molar-refractivity contribution < 1.29 is 9.53 Å². The number of anilines is 1. The Morgan fingerprint density at radius 2 is 2.11 bits per heavy atom. The van der Waals surface area contributed by atoms with Crippen molar-refractivity contribution >= 4 is 11.6 Å². The van der Waals surface area contributed by atoms with Gasteiger partial charge in [0.25, 0.3) is 0 Å². The van der Waals surface area contributed by atoms with Crippen LogP contribution in [-0.4, -0.2) is 24.7 Å². The standard InChI is InChI=1S/C14H20N2O2/c1-18-12-9-5-6-10-14(12,13(15)17)16-11-7-3-2-4-8-11/h2-4,7-8,12,16H,5-6,9-10H2,1H3,(H2,15,17). The Morgan fingerprint density at radius 1 is 1.39 bits per heavy atom. The summed E-state index contributed by atoms with van der Waals surface area (Å²) in [6.07, 6.45) is 3.48. The Balaban J connectivity index is 2.28. The van der Waals surface area contributed by atoms with E-state index in [0.717, 1.165) is 31.4 Å². The molecule has 1 amide bonds. The summed E-state index contributed by atoms with van der Waals surface area (Å²) in [6, 6.07) is 9.68. The second kappa shape index (κ2) is 5.40. The number of carbonyl (C=O) groups is 1. The van der Waals surface area contributed by atoms with Crippen LogP contribution in [0.15, 0.2) is 30.3 Å². The molecule has 2 unspecified atom stereocenters. The molecule has 98 valence electrons. The molecule has 4 nitrogen and oxygen atoms in total. The molecule has 0 bridgehead atoms. The second-order valence-electron chi connectivity index (χ2n) is 4.80. The third-order valence-electron chi connectivity index (χ3n) is 3.70. The third-order valence-corrected chi connectivity index (χ3v) is 3.70. The largest absolute Gasteiger partial charge is 0.378 e. The average Bonchev–Trinajstić information content (AvgIpc) is 2.40. The Labute approximate surface area is 108 Å². The zero-order chi connectivity index (χ0) is 13.0. The Bertz CT molecular complexity index is 408.